The van der Waals surface area contributed by atoms with Crippen molar-refractivity contribution in [2.75, 3.05) is 12.4 Å². The quantitative estimate of drug-likeness (QED) is 0.908. The Morgan fingerprint density at radius 2 is 1.95 bits per heavy atom. The summed E-state index contributed by atoms with van der Waals surface area (Å²) in [6.07, 6.45) is 0. The number of nitrogens with one attached hydrogen (secondary N) is 1. The normalized spacial score (nSPS) is 11.8. The van der Waals surface area contributed by atoms with E-state index in [1.165, 1.54) is 25.3 Å². The average molecular weight is 288 g/mol. The van der Waals surface area contributed by atoms with Crippen molar-refractivity contribution in [2.24, 2.45) is 5.73 Å². The Bertz CT molecular complexity index is 656. The van der Waals surface area contributed by atoms with Gasteiger partial charge in [0.1, 0.15) is 17.1 Å². The van der Waals surface area contributed by atoms with Gasteiger partial charge < -0.3 is 15.8 Å². The first-order chi connectivity index (χ1) is 10.0. The summed E-state index contributed by atoms with van der Waals surface area (Å²) in [6, 6.07) is 11.1. The third-order valence-electron chi connectivity index (χ3n) is 3.12. The molecule has 0 heterocycles. The Hall–Kier alpha value is -2.40. The van der Waals surface area contributed by atoms with E-state index in [1.54, 1.807) is 12.1 Å². The first-order valence-electron chi connectivity index (χ1n) is 6.53. The van der Waals surface area contributed by atoms with Crippen LogP contribution in [0.15, 0.2) is 42.5 Å². The van der Waals surface area contributed by atoms with E-state index in [-0.39, 0.29) is 17.4 Å². The second kappa shape index (κ2) is 6.37. The fourth-order valence-corrected chi connectivity index (χ4v) is 2.09. The van der Waals surface area contributed by atoms with Crippen LogP contribution in [0.2, 0.25) is 0 Å². The average Bonchev–Trinajstić information content (AvgIpc) is 2.47. The SMILES string of the molecule is COc1cccc(F)c1C(=O)Nc1ccccc1C(C)N. The second-order valence-electron chi connectivity index (χ2n) is 4.65. The number of ether oxygens (including phenoxy) is 1. The number of anilines is 1. The van der Waals surface area contributed by atoms with Gasteiger partial charge in [-0.1, -0.05) is 24.3 Å². The van der Waals surface area contributed by atoms with E-state index in [0.29, 0.717) is 5.69 Å². The highest BCUT2D eigenvalue weighted by molar-refractivity contribution is 6.06. The number of methoxy groups -OCH3 is 1. The van der Waals surface area contributed by atoms with Crippen molar-refractivity contribution in [3.63, 3.8) is 0 Å². The standard InChI is InChI=1S/C16H17FN2O2/c1-10(18)11-6-3-4-8-13(11)19-16(20)15-12(17)7-5-9-14(15)21-2/h3-10H,18H2,1-2H3,(H,19,20). The topological polar surface area (TPSA) is 64.3 Å². The van der Waals surface area contributed by atoms with Crippen molar-refractivity contribution in [3.8, 4) is 5.75 Å². The zero-order valence-electron chi connectivity index (χ0n) is 11.9. The van der Waals surface area contributed by atoms with E-state index in [4.69, 9.17) is 10.5 Å². The number of carbonyl (C=O) groups is 1. The van der Waals surface area contributed by atoms with Crippen molar-refractivity contribution >= 4 is 11.6 Å². The number of carbonyl (C=O) groups excluding carboxylic acids is 1. The summed E-state index contributed by atoms with van der Waals surface area (Å²) in [5.41, 5.74) is 7.08. The Labute approximate surface area is 122 Å². The third-order valence-corrected chi connectivity index (χ3v) is 3.12. The summed E-state index contributed by atoms with van der Waals surface area (Å²) in [6.45, 7) is 1.81. The van der Waals surface area contributed by atoms with Gasteiger partial charge in [-0.25, -0.2) is 4.39 Å². The van der Waals surface area contributed by atoms with Crippen LogP contribution in [0.25, 0.3) is 0 Å². The van der Waals surface area contributed by atoms with Gasteiger partial charge in [0.05, 0.1) is 7.11 Å². The lowest BCUT2D eigenvalue weighted by Gasteiger charge is -2.15. The molecule has 1 unspecified atom stereocenters. The lowest BCUT2D eigenvalue weighted by Crippen LogP contribution is -2.18. The monoisotopic (exact) mass is 288 g/mol. The van der Waals surface area contributed by atoms with Crippen LogP contribution in [-0.2, 0) is 0 Å². The first-order valence-corrected chi connectivity index (χ1v) is 6.53. The van der Waals surface area contributed by atoms with Crippen LogP contribution < -0.4 is 15.8 Å². The van der Waals surface area contributed by atoms with Crippen LogP contribution in [0.5, 0.6) is 5.75 Å². The van der Waals surface area contributed by atoms with Gasteiger partial charge in [0.2, 0.25) is 0 Å². The van der Waals surface area contributed by atoms with Gasteiger partial charge in [-0.3, -0.25) is 4.79 Å². The minimum atomic E-state index is -0.634. The maximum Gasteiger partial charge on any atom is 0.262 e. The zero-order chi connectivity index (χ0) is 15.4. The molecule has 5 heteroatoms. The van der Waals surface area contributed by atoms with Crippen molar-refractivity contribution in [2.45, 2.75) is 13.0 Å². The Morgan fingerprint density at radius 3 is 2.62 bits per heavy atom. The highest BCUT2D eigenvalue weighted by atomic mass is 19.1. The predicted molar refractivity (Wildman–Crippen MR) is 79.9 cm³/mol. The van der Waals surface area contributed by atoms with E-state index in [0.717, 1.165) is 5.56 Å². The second-order valence-corrected chi connectivity index (χ2v) is 4.65. The van der Waals surface area contributed by atoms with E-state index >= 15 is 0 Å². The fraction of sp³-hybridized carbons (Fsp3) is 0.188. The van der Waals surface area contributed by atoms with E-state index in [2.05, 4.69) is 5.32 Å². The molecule has 1 atom stereocenters. The summed E-state index contributed by atoms with van der Waals surface area (Å²) in [7, 11) is 1.39. The van der Waals surface area contributed by atoms with Gasteiger partial charge in [0.25, 0.3) is 5.91 Å². The molecule has 3 N–H and O–H groups in total. The van der Waals surface area contributed by atoms with Gasteiger partial charge in [-0.05, 0) is 30.7 Å². The minimum absolute atomic E-state index is 0.125. The van der Waals surface area contributed by atoms with Crippen LogP contribution in [0.1, 0.15) is 28.9 Å². The number of rotatable bonds is 4. The maximum absolute atomic E-state index is 13.9. The molecule has 0 aliphatic heterocycles. The van der Waals surface area contributed by atoms with Gasteiger partial charge in [0.15, 0.2) is 0 Å². The number of halogens is 1. The molecular weight excluding hydrogens is 271 g/mol. The van der Waals surface area contributed by atoms with Crippen molar-refractivity contribution in [1.82, 2.24) is 0 Å². The molecule has 0 spiro atoms. The lowest BCUT2D eigenvalue weighted by molar-refractivity contribution is 0.102. The number of hydrogen-bond acceptors (Lipinski definition) is 3. The highest BCUT2D eigenvalue weighted by Crippen LogP contribution is 2.25. The molecule has 1 amide bonds. The van der Waals surface area contributed by atoms with Crippen LogP contribution in [-0.4, -0.2) is 13.0 Å². The molecule has 0 radical (unpaired) electrons. The minimum Gasteiger partial charge on any atom is -0.496 e. The van der Waals surface area contributed by atoms with Crippen molar-refractivity contribution in [1.29, 1.82) is 0 Å². The third kappa shape index (κ3) is 3.20. The van der Waals surface area contributed by atoms with Crippen molar-refractivity contribution < 1.29 is 13.9 Å². The molecule has 0 saturated carbocycles. The Kier molecular flexibility index (Phi) is 4.55. The first kappa shape index (κ1) is 15.0. The Balaban J connectivity index is 2.35. The largest absolute Gasteiger partial charge is 0.496 e. The summed E-state index contributed by atoms with van der Waals surface area (Å²) in [5.74, 6) is -1.02. The van der Waals surface area contributed by atoms with Gasteiger partial charge in [0, 0.05) is 11.7 Å². The molecular formula is C16H17FN2O2. The number of para-hydroxylation sites is 1. The summed E-state index contributed by atoms with van der Waals surface area (Å²) >= 11 is 0. The number of benzene rings is 2. The van der Waals surface area contributed by atoms with Gasteiger partial charge in [-0.15, -0.1) is 0 Å². The van der Waals surface area contributed by atoms with E-state index in [1.807, 2.05) is 19.1 Å². The molecule has 2 aromatic rings. The molecule has 110 valence electrons. The van der Waals surface area contributed by atoms with Crippen LogP contribution in [0, 0.1) is 5.82 Å². The van der Waals surface area contributed by atoms with Crippen LogP contribution in [0.4, 0.5) is 10.1 Å². The number of amides is 1. The number of hydrogen-bond donors (Lipinski definition) is 2. The highest BCUT2D eigenvalue weighted by Gasteiger charge is 2.19. The number of nitrogens with two attached hydrogens (primary N) is 1. The van der Waals surface area contributed by atoms with E-state index < -0.39 is 11.7 Å². The fourth-order valence-electron chi connectivity index (χ4n) is 2.09. The smallest absolute Gasteiger partial charge is 0.262 e. The van der Waals surface area contributed by atoms with Crippen LogP contribution >= 0.6 is 0 Å². The summed E-state index contributed by atoms with van der Waals surface area (Å²) in [4.78, 5) is 12.3. The predicted octanol–water partition coefficient (Wildman–Crippen LogP) is 3.11. The molecule has 0 bridgehead atoms. The van der Waals surface area contributed by atoms with E-state index in [9.17, 15) is 9.18 Å². The molecule has 4 nitrogen and oxygen atoms in total. The molecule has 0 fully saturated rings. The maximum atomic E-state index is 13.9. The zero-order valence-corrected chi connectivity index (χ0v) is 11.9. The summed E-state index contributed by atoms with van der Waals surface area (Å²) < 4.78 is 18.9. The molecule has 0 aliphatic rings. The molecule has 2 aromatic carbocycles. The molecule has 2 rings (SSSR count). The Morgan fingerprint density at radius 1 is 1.24 bits per heavy atom. The molecule has 0 aliphatic carbocycles. The van der Waals surface area contributed by atoms with Crippen molar-refractivity contribution in [3.05, 3.63) is 59.4 Å². The van der Waals surface area contributed by atoms with Gasteiger partial charge >= 0.3 is 0 Å². The lowest BCUT2D eigenvalue weighted by atomic mass is 10.1. The van der Waals surface area contributed by atoms with Gasteiger partial charge in [-0.2, -0.15) is 0 Å². The molecule has 21 heavy (non-hydrogen) atoms. The van der Waals surface area contributed by atoms with Crippen LogP contribution in [0.3, 0.4) is 0 Å². The summed E-state index contributed by atoms with van der Waals surface area (Å²) in [5, 5.41) is 2.68. The molecule has 0 aromatic heterocycles. The molecule has 0 saturated heterocycles.